The van der Waals surface area contributed by atoms with E-state index in [1.807, 2.05) is 17.2 Å². The number of benzene rings is 1. The number of thioether (sulfide) groups is 1. The van der Waals surface area contributed by atoms with E-state index in [-0.39, 0.29) is 5.91 Å². The van der Waals surface area contributed by atoms with Crippen LogP contribution in [0.5, 0.6) is 0 Å². The van der Waals surface area contributed by atoms with Crippen molar-refractivity contribution in [1.82, 2.24) is 4.90 Å². The van der Waals surface area contributed by atoms with Gasteiger partial charge in [0, 0.05) is 19.0 Å². The molecule has 1 fully saturated rings. The lowest BCUT2D eigenvalue weighted by atomic mass is 9.89. The molecular formula is C14H20N2OS. The summed E-state index contributed by atoms with van der Waals surface area (Å²) < 4.78 is 0. The fourth-order valence-corrected chi connectivity index (χ4v) is 3.04. The molecule has 98 valence electrons. The Morgan fingerprint density at radius 3 is 2.72 bits per heavy atom. The second-order valence-electron chi connectivity index (χ2n) is 4.74. The van der Waals surface area contributed by atoms with Crippen molar-refractivity contribution in [2.75, 3.05) is 31.6 Å². The molecule has 0 unspecified atom stereocenters. The predicted molar refractivity (Wildman–Crippen MR) is 76.7 cm³/mol. The SMILES string of the molecule is CSCC(=O)N1C[C@@H](CN)[C@H](c2ccccc2)C1. The summed E-state index contributed by atoms with van der Waals surface area (Å²) in [6, 6.07) is 10.4. The molecule has 0 radical (unpaired) electrons. The van der Waals surface area contributed by atoms with Gasteiger partial charge in [0.1, 0.15) is 0 Å². The van der Waals surface area contributed by atoms with Gasteiger partial charge in [-0.3, -0.25) is 4.79 Å². The lowest BCUT2D eigenvalue weighted by Crippen LogP contribution is -2.31. The Hall–Kier alpha value is -1.00. The molecule has 0 spiro atoms. The zero-order chi connectivity index (χ0) is 13.0. The Kier molecular flexibility index (Phi) is 4.66. The third-order valence-electron chi connectivity index (χ3n) is 3.59. The first-order chi connectivity index (χ1) is 8.76. The number of rotatable bonds is 4. The lowest BCUT2D eigenvalue weighted by molar-refractivity contribution is -0.127. The number of amides is 1. The van der Waals surface area contributed by atoms with E-state index in [1.165, 1.54) is 5.56 Å². The minimum atomic E-state index is 0.236. The summed E-state index contributed by atoms with van der Waals surface area (Å²) in [4.78, 5) is 13.9. The minimum Gasteiger partial charge on any atom is -0.341 e. The van der Waals surface area contributed by atoms with E-state index in [1.54, 1.807) is 11.8 Å². The van der Waals surface area contributed by atoms with Crippen LogP contribution >= 0.6 is 11.8 Å². The van der Waals surface area contributed by atoms with Crippen molar-refractivity contribution in [3.05, 3.63) is 35.9 Å². The van der Waals surface area contributed by atoms with Gasteiger partial charge in [0.05, 0.1) is 5.75 Å². The number of hydrogen-bond acceptors (Lipinski definition) is 3. The summed E-state index contributed by atoms with van der Waals surface area (Å²) in [7, 11) is 0. The maximum absolute atomic E-state index is 11.9. The zero-order valence-corrected chi connectivity index (χ0v) is 11.5. The molecule has 1 aliphatic rings. The van der Waals surface area contributed by atoms with Crippen LogP contribution in [0.25, 0.3) is 0 Å². The molecule has 1 aromatic carbocycles. The summed E-state index contributed by atoms with van der Waals surface area (Å²) in [5, 5.41) is 0. The van der Waals surface area contributed by atoms with E-state index in [9.17, 15) is 4.79 Å². The largest absolute Gasteiger partial charge is 0.341 e. The van der Waals surface area contributed by atoms with Crippen molar-refractivity contribution in [3.8, 4) is 0 Å². The number of hydrogen-bond donors (Lipinski definition) is 1. The Bertz CT molecular complexity index is 396. The predicted octanol–water partition coefficient (Wildman–Crippen LogP) is 1.55. The summed E-state index contributed by atoms with van der Waals surface area (Å²) in [6.45, 7) is 2.25. The van der Waals surface area contributed by atoms with Crippen LogP contribution in [-0.4, -0.2) is 42.4 Å². The van der Waals surface area contributed by atoms with E-state index in [0.717, 1.165) is 13.1 Å². The van der Waals surface area contributed by atoms with Crippen molar-refractivity contribution >= 4 is 17.7 Å². The van der Waals surface area contributed by atoms with Crippen LogP contribution in [0.4, 0.5) is 0 Å². The number of carbonyl (C=O) groups excluding carboxylic acids is 1. The molecule has 0 aromatic heterocycles. The van der Waals surface area contributed by atoms with Crippen molar-refractivity contribution in [1.29, 1.82) is 0 Å². The number of nitrogens with zero attached hydrogens (tertiary/aromatic N) is 1. The van der Waals surface area contributed by atoms with Gasteiger partial charge >= 0.3 is 0 Å². The molecule has 1 amide bonds. The first kappa shape index (κ1) is 13.4. The average molecular weight is 264 g/mol. The van der Waals surface area contributed by atoms with Crippen molar-refractivity contribution in [3.63, 3.8) is 0 Å². The molecule has 4 heteroatoms. The molecule has 18 heavy (non-hydrogen) atoms. The highest BCUT2D eigenvalue weighted by Gasteiger charge is 2.34. The highest BCUT2D eigenvalue weighted by Crippen LogP contribution is 2.32. The maximum Gasteiger partial charge on any atom is 0.232 e. The molecule has 2 atom stereocenters. The van der Waals surface area contributed by atoms with Gasteiger partial charge in [-0.1, -0.05) is 30.3 Å². The van der Waals surface area contributed by atoms with Crippen molar-refractivity contribution in [2.45, 2.75) is 5.92 Å². The Balaban J connectivity index is 2.10. The van der Waals surface area contributed by atoms with Crippen molar-refractivity contribution < 1.29 is 4.79 Å². The first-order valence-corrected chi connectivity index (χ1v) is 7.67. The summed E-state index contributed by atoms with van der Waals surface area (Å²) in [6.07, 6.45) is 1.96. The zero-order valence-electron chi connectivity index (χ0n) is 10.7. The van der Waals surface area contributed by atoms with Gasteiger partial charge in [-0.05, 0) is 24.3 Å². The van der Waals surface area contributed by atoms with Crippen LogP contribution in [-0.2, 0) is 4.79 Å². The van der Waals surface area contributed by atoms with E-state index in [2.05, 4.69) is 24.3 Å². The van der Waals surface area contributed by atoms with Gasteiger partial charge in [-0.15, -0.1) is 0 Å². The number of nitrogens with two attached hydrogens (primary N) is 1. The van der Waals surface area contributed by atoms with Gasteiger partial charge in [-0.25, -0.2) is 0 Å². The molecule has 3 nitrogen and oxygen atoms in total. The summed E-state index contributed by atoms with van der Waals surface area (Å²) in [5.41, 5.74) is 7.15. The molecule has 0 bridgehead atoms. The second-order valence-corrected chi connectivity index (χ2v) is 5.61. The molecule has 0 aliphatic carbocycles. The van der Waals surface area contributed by atoms with Crippen LogP contribution in [0.1, 0.15) is 11.5 Å². The van der Waals surface area contributed by atoms with Crippen LogP contribution in [0.15, 0.2) is 30.3 Å². The molecule has 0 saturated carbocycles. The quantitative estimate of drug-likeness (QED) is 0.897. The minimum absolute atomic E-state index is 0.236. The molecule has 1 heterocycles. The summed E-state index contributed by atoms with van der Waals surface area (Å²) >= 11 is 1.58. The molecule has 2 rings (SSSR count). The molecule has 2 N–H and O–H groups in total. The van der Waals surface area contributed by atoms with Gasteiger partial charge < -0.3 is 10.6 Å². The molecule has 1 saturated heterocycles. The third-order valence-corrected chi connectivity index (χ3v) is 4.13. The first-order valence-electron chi connectivity index (χ1n) is 6.28. The average Bonchev–Trinajstić information content (AvgIpc) is 2.84. The molecule has 1 aliphatic heterocycles. The van der Waals surface area contributed by atoms with E-state index < -0.39 is 0 Å². The normalized spacial score (nSPS) is 23.3. The van der Waals surface area contributed by atoms with Crippen LogP contribution in [0.3, 0.4) is 0 Å². The fraction of sp³-hybridized carbons (Fsp3) is 0.500. The Morgan fingerprint density at radius 2 is 2.11 bits per heavy atom. The second kappa shape index (κ2) is 6.25. The summed E-state index contributed by atoms with van der Waals surface area (Å²) in [5.74, 6) is 1.58. The molecule has 1 aromatic rings. The van der Waals surface area contributed by atoms with Gasteiger partial charge in [0.25, 0.3) is 0 Å². The smallest absolute Gasteiger partial charge is 0.232 e. The van der Waals surface area contributed by atoms with Gasteiger partial charge in [0.2, 0.25) is 5.91 Å². The third kappa shape index (κ3) is 2.87. The number of likely N-dealkylation sites (tertiary alicyclic amines) is 1. The van der Waals surface area contributed by atoms with Gasteiger partial charge in [0.15, 0.2) is 0 Å². The van der Waals surface area contributed by atoms with Crippen LogP contribution in [0, 0.1) is 5.92 Å². The van der Waals surface area contributed by atoms with Crippen molar-refractivity contribution in [2.24, 2.45) is 11.7 Å². The van der Waals surface area contributed by atoms with Crippen LogP contribution < -0.4 is 5.73 Å². The van der Waals surface area contributed by atoms with Crippen LogP contribution in [0.2, 0.25) is 0 Å². The van der Waals surface area contributed by atoms with Gasteiger partial charge in [-0.2, -0.15) is 11.8 Å². The highest BCUT2D eigenvalue weighted by molar-refractivity contribution is 7.99. The topological polar surface area (TPSA) is 46.3 Å². The highest BCUT2D eigenvalue weighted by atomic mass is 32.2. The Morgan fingerprint density at radius 1 is 1.39 bits per heavy atom. The maximum atomic E-state index is 11.9. The van der Waals surface area contributed by atoms with E-state index >= 15 is 0 Å². The van der Waals surface area contributed by atoms with E-state index in [4.69, 9.17) is 5.73 Å². The Labute approximate surface area is 113 Å². The number of carbonyl (C=O) groups is 1. The van der Waals surface area contributed by atoms with E-state index in [0.29, 0.717) is 24.1 Å². The molecular weight excluding hydrogens is 244 g/mol. The standard InChI is InChI=1S/C14H20N2OS/c1-18-10-14(17)16-8-12(7-15)13(9-16)11-5-3-2-4-6-11/h2-6,12-13H,7-10,15H2,1H3/t12-,13+/m1/s1. The monoisotopic (exact) mass is 264 g/mol. The lowest BCUT2D eigenvalue weighted by Gasteiger charge is -2.16. The fourth-order valence-electron chi connectivity index (χ4n) is 2.61.